The third-order valence-corrected chi connectivity index (χ3v) is 2.16. The normalized spacial score (nSPS) is 25.8. The van der Waals surface area contributed by atoms with Crippen LogP contribution in [0.2, 0.25) is 0 Å². The molecule has 0 aromatic heterocycles. The molecule has 1 fully saturated rings. The number of carbonyl (C=O) groups excluding carboxylic acids is 1. The minimum atomic E-state index is -0.138. The van der Waals surface area contributed by atoms with Gasteiger partial charge >= 0.3 is 6.03 Å². The Labute approximate surface area is 76.7 Å². The molecule has 0 saturated carbocycles. The fourth-order valence-electron chi connectivity index (χ4n) is 1.48. The molecule has 0 spiro atoms. The third kappa shape index (κ3) is 1.12. The fourth-order valence-corrected chi connectivity index (χ4v) is 1.48. The van der Waals surface area contributed by atoms with E-state index in [-0.39, 0.29) is 12.3 Å². The number of fused-ring (bicyclic) bond motifs is 1. The van der Waals surface area contributed by atoms with Gasteiger partial charge in [-0.3, -0.25) is 10.2 Å². The van der Waals surface area contributed by atoms with Crippen molar-refractivity contribution >= 4 is 6.03 Å². The van der Waals surface area contributed by atoms with Crippen LogP contribution in [0.25, 0.3) is 0 Å². The Hall–Kier alpha value is -1.65. The summed E-state index contributed by atoms with van der Waals surface area (Å²) in [5.41, 5.74) is 0. The molecule has 2 heterocycles. The summed E-state index contributed by atoms with van der Waals surface area (Å²) < 4.78 is 0. The van der Waals surface area contributed by atoms with E-state index in [0.717, 1.165) is 6.54 Å². The molecule has 0 aromatic rings. The molecule has 2 aliphatic rings. The van der Waals surface area contributed by atoms with Crippen LogP contribution in [0.4, 0.5) is 4.79 Å². The number of nitrogens with one attached hydrogen (secondary N) is 2. The molecule has 0 aromatic carbocycles. The van der Waals surface area contributed by atoms with Gasteiger partial charge in [-0.2, -0.15) is 0 Å². The Morgan fingerprint density at radius 2 is 2.38 bits per heavy atom. The van der Waals surface area contributed by atoms with Crippen LogP contribution in [0, 0.1) is 0 Å². The average Bonchev–Trinajstić information content (AvgIpc) is 2.47. The molecular weight excluding hydrogens is 168 g/mol. The van der Waals surface area contributed by atoms with Gasteiger partial charge in [0, 0.05) is 18.9 Å². The second kappa shape index (κ2) is 2.69. The summed E-state index contributed by atoms with van der Waals surface area (Å²) in [4.78, 5) is 15.0. The van der Waals surface area contributed by atoms with Crippen molar-refractivity contribution in [2.24, 2.45) is 0 Å². The van der Waals surface area contributed by atoms with Crippen LogP contribution >= 0.6 is 0 Å². The van der Waals surface area contributed by atoms with E-state index in [9.17, 15) is 4.79 Å². The first-order chi connectivity index (χ1) is 6.22. The third-order valence-electron chi connectivity index (χ3n) is 2.16. The number of hydrogen-bond donors (Lipinski definition) is 2. The zero-order valence-corrected chi connectivity index (χ0v) is 7.45. The van der Waals surface area contributed by atoms with Crippen LogP contribution in [0.15, 0.2) is 24.8 Å². The van der Waals surface area contributed by atoms with E-state index in [1.54, 1.807) is 11.1 Å². The maximum absolute atomic E-state index is 11.4. The van der Waals surface area contributed by atoms with Crippen LogP contribution in [0.3, 0.4) is 0 Å². The van der Waals surface area contributed by atoms with E-state index in [0.29, 0.717) is 5.82 Å². The van der Waals surface area contributed by atoms with Crippen molar-refractivity contribution in [1.82, 2.24) is 20.4 Å². The maximum atomic E-state index is 11.4. The minimum absolute atomic E-state index is 0.105. The van der Waals surface area contributed by atoms with Gasteiger partial charge in [-0.25, -0.2) is 4.79 Å². The van der Waals surface area contributed by atoms with Gasteiger partial charge in [-0.05, 0) is 6.92 Å². The Morgan fingerprint density at radius 3 is 3.08 bits per heavy atom. The number of hydrogen-bond acceptors (Lipinski definition) is 3. The molecular formula is C8H12N4O. The Bertz CT molecular complexity index is 286. The van der Waals surface area contributed by atoms with Gasteiger partial charge in [0.15, 0.2) is 6.29 Å². The topological polar surface area (TPSA) is 47.6 Å². The van der Waals surface area contributed by atoms with Crippen LogP contribution in [-0.2, 0) is 0 Å². The molecule has 2 aliphatic heterocycles. The smallest absolute Gasteiger partial charge is 0.330 e. The highest BCUT2D eigenvalue weighted by Gasteiger charge is 2.33. The molecule has 1 unspecified atom stereocenters. The van der Waals surface area contributed by atoms with Crippen molar-refractivity contribution in [3.63, 3.8) is 0 Å². The SMILES string of the molecule is C=C1NC(=O)N2C=CN(CC)C2N1. The molecule has 13 heavy (non-hydrogen) atoms. The first-order valence-corrected chi connectivity index (χ1v) is 4.21. The van der Waals surface area contributed by atoms with Gasteiger partial charge in [0.1, 0.15) is 5.82 Å². The van der Waals surface area contributed by atoms with Crippen LogP contribution < -0.4 is 10.6 Å². The molecule has 1 saturated heterocycles. The molecule has 5 heteroatoms. The quantitative estimate of drug-likeness (QED) is 0.604. The predicted octanol–water partition coefficient (Wildman–Crippen LogP) is 0.163. The number of nitrogens with zero attached hydrogens (tertiary/aromatic N) is 2. The lowest BCUT2D eigenvalue weighted by Gasteiger charge is -2.36. The van der Waals surface area contributed by atoms with Gasteiger partial charge < -0.3 is 10.2 Å². The van der Waals surface area contributed by atoms with Crippen LogP contribution in [0.5, 0.6) is 0 Å². The zero-order chi connectivity index (χ0) is 9.42. The zero-order valence-electron chi connectivity index (χ0n) is 7.45. The molecule has 2 amide bonds. The summed E-state index contributed by atoms with van der Waals surface area (Å²) in [7, 11) is 0. The predicted molar refractivity (Wildman–Crippen MR) is 48.0 cm³/mol. The molecule has 0 radical (unpaired) electrons. The number of urea groups is 1. The summed E-state index contributed by atoms with van der Waals surface area (Å²) in [5, 5.41) is 5.67. The summed E-state index contributed by atoms with van der Waals surface area (Å²) in [6, 6.07) is -0.138. The highest BCUT2D eigenvalue weighted by atomic mass is 16.2. The number of carbonyl (C=O) groups is 1. The lowest BCUT2D eigenvalue weighted by molar-refractivity contribution is 0.124. The Balaban J connectivity index is 2.20. The molecule has 70 valence electrons. The van der Waals surface area contributed by atoms with E-state index >= 15 is 0 Å². The van der Waals surface area contributed by atoms with Crippen molar-refractivity contribution in [1.29, 1.82) is 0 Å². The first-order valence-electron chi connectivity index (χ1n) is 4.21. The minimum Gasteiger partial charge on any atom is -0.339 e. The molecule has 1 atom stereocenters. The van der Waals surface area contributed by atoms with Gasteiger partial charge in [0.2, 0.25) is 0 Å². The standard InChI is InChI=1S/C8H12N4O/c1-3-11-4-5-12-7(11)9-6(2)10-8(12)13/h4-5,7,9H,2-3H2,1H3,(H,10,13). The van der Waals surface area contributed by atoms with E-state index in [4.69, 9.17) is 0 Å². The Kier molecular flexibility index (Phi) is 1.65. The van der Waals surface area contributed by atoms with Crippen molar-refractivity contribution in [2.45, 2.75) is 13.2 Å². The summed E-state index contributed by atoms with van der Waals surface area (Å²) in [6.45, 7) is 6.55. The van der Waals surface area contributed by atoms with Crippen LogP contribution in [0.1, 0.15) is 6.92 Å². The summed E-state index contributed by atoms with van der Waals surface area (Å²) in [5.74, 6) is 0.549. The van der Waals surface area contributed by atoms with Crippen molar-refractivity contribution in [2.75, 3.05) is 6.54 Å². The molecule has 2 rings (SSSR count). The first kappa shape index (κ1) is 7.97. The van der Waals surface area contributed by atoms with Crippen molar-refractivity contribution < 1.29 is 4.79 Å². The number of amides is 2. The largest absolute Gasteiger partial charge is 0.339 e. The van der Waals surface area contributed by atoms with Crippen molar-refractivity contribution in [3.8, 4) is 0 Å². The summed E-state index contributed by atoms with van der Waals surface area (Å²) in [6.07, 6.45) is 3.53. The highest BCUT2D eigenvalue weighted by Crippen LogP contribution is 2.16. The highest BCUT2D eigenvalue weighted by molar-refractivity contribution is 5.78. The molecule has 5 nitrogen and oxygen atoms in total. The van der Waals surface area contributed by atoms with E-state index in [2.05, 4.69) is 17.2 Å². The van der Waals surface area contributed by atoms with Crippen LogP contribution in [-0.4, -0.2) is 28.7 Å². The maximum Gasteiger partial charge on any atom is 0.330 e. The van der Waals surface area contributed by atoms with E-state index in [1.807, 2.05) is 18.0 Å². The molecule has 0 aliphatic carbocycles. The second-order valence-corrected chi connectivity index (χ2v) is 2.96. The van der Waals surface area contributed by atoms with Gasteiger partial charge in [0.05, 0.1) is 0 Å². The fraction of sp³-hybridized carbons (Fsp3) is 0.375. The molecule has 2 N–H and O–H groups in total. The lowest BCUT2D eigenvalue weighted by atomic mass is 10.5. The van der Waals surface area contributed by atoms with E-state index in [1.165, 1.54) is 0 Å². The van der Waals surface area contributed by atoms with Gasteiger partial charge in [0.25, 0.3) is 0 Å². The van der Waals surface area contributed by atoms with E-state index < -0.39 is 0 Å². The van der Waals surface area contributed by atoms with Crippen molar-refractivity contribution in [3.05, 3.63) is 24.8 Å². The van der Waals surface area contributed by atoms with Gasteiger partial charge in [-0.1, -0.05) is 6.58 Å². The number of rotatable bonds is 1. The Morgan fingerprint density at radius 1 is 1.62 bits per heavy atom. The second-order valence-electron chi connectivity index (χ2n) is 2.96. The average molecular weight is 180 g/mol. The monoisotopic (exact) mass is 180 g/mol. The summed E-state index contributed by atoms with van der Waals surface area (Å²) >= 11 is 0. The molecule has 0 bridgehead atoms. The lowest BCUT2D eigenvalue weighted by Crippen LogP contribution is -2.60. The van der Waals surface area contributed by atoms with Gasteiger partial charge in [-0.15, -0.1) is 0 Å².